The van der Waals surface area contributed by atoms with Crippen LogP contribution in [0.3, 0.4) is 0 Å². The largest absolute Gasteiger partial charge is 0.465 e. The number of carbonyl (C=O) groups excluding carboxylic acids is 7. The van der Waals surface area contributed by atoms with Gasteiger partial charge in [-0.3, -0.25) is 19.2 Å². The van der Waals surface area contributed by atoms with Crippen LogP contribution in [-0.2, 0) is 66.6 Å². The number of rotatable bonds is 18. The first-order chi connectivity index (χ1) is 28.8. The molecule has 2 amide bonds. The van der Waals surface area contributed by atoms with Crippen molar-refractivity contribution in [2.75, 3.05) is 33.5 Å². The lowest BCUT2D eigenvalue weighted by atomic mass is 9.88. The highest BCUT2D eigenvalue weighted by atomic mass is 16.7. The maximum absolute atomic E-state index is 13.7. The molecule has 1 aliphatic carbocycles. The van der Waals surface area contributed by atoms with Gasteiger partial charge in [-0.05, 0) is 62.3 Å². The summed E-state index contributed by atoms with van der Waals surface area (Å²) in [5.41, 5.74) is 3.42. The second-order valence-electron chi connectivity index (χ2n) is 15.5. The topological polar surface area (TPSA) is 227 Å². The summed E-state index contributed by atoms with van der Waals surface area (Å²) in [6.45, 7) is 8.76. The SMILES string of the molecule is COC(=O)[C@@]1(OCCCCCNC(=O)OCC2c3ccccc3-c3ccccc32)C[C@H](OC(C)=O)[C@@H](NC(=O)OC(C)(C)C)[C@H]([C@H](OC(C)=O)[C@@H](COC(C)=O)OC(C)=O)O1. The van der Waals surface area contributed by atoms with Crippen molar-refractivity contribution in [1.82, 2.24) is 10.6 Å². The molecular formula is C43H56N2O16. The summed E-state index contributed by atoms with van der Waals surface area (Å²) >= 11 is 0. The third-order valence-corrected chi connectivity index (χ3v) is 9.58. The van der Waals surface area contributed by atoms with Crippen LogP contribution in [0.15, 0.2) is 48.5 Å². The number of methoxy groups -OCH3 is 1. The molecule has 2 aromatic rings. The summed E-state index contributed by atoms with van der Waals surface area (Å²) < 4.78 is 50.4. The molecule has 0 spiro atoms. The van der Waals surface area contributed by atoms with Crippen molar-refractivity contribution in [3.05, 3.63) is 59.7 Å². The molecule has 1 saturated heterocycles. The van der Waals surface area contributed by atoms with Crippen molar-refractivity contribution in [2.45, 2.75) is 122 Å². The zero-order valence-corrected chi connectivity index (χ0v) is 35.8. The van der Waals surface area contributed by atoms with E-state index in [0.717, 1.165) is 57.1 Å². The van der Waals surface area contributed by atoms with Crippen molar-refractivity contribution >= 4 is 42.0 Å². The molecule has 4 rings (SSSR count). The summed E-state index contributed by atoms with van der Waals surface area (Å²) in [7, 11) is 1.07. The Labute approximate surface area is 354 Å². The number of carbonyl (C=O) groups is 7. The van der Waals surface area contributed by atoms with Gasteiger partial charge in [0.15, 0.2) is 12.2 Å². The molecule has 0 saturated carbocycles. The Morgan fingerprint density at radius 2 is 1.41 bits per heavy atom. The van der Waals surface area contributed by atoms with Gasteiger partial charge in [0.25, 0.3) is 5.79 Å². The lowest BCUT2D eigenvalue weighted by Crippen LogP contribution is -2.69. The Hall–Kier alpha value is -5.75. The van der Waals surface area contributed by atoms with Crippen molar-refractivity contribution in [1.29, 1.82) is 0 Å². The summed E-state index contributed by atoms with van der Waals surface area (Å²) in [6, 6.07) is 14.6. The number of unbranched alkanes of at least 4 members (excludes halogenated alkanes) is 2. The number of nitrogens with one attached hydrogen (secondary N) is 2. The Bertz CT molecular complexity index is 1850. The normalized spacial score (nSPS) is 20.4. The van der Waals surface area contributed by atoms with Crippen molar-refractivity contribution in [2.24, 2.45) is 0 Å². The number of esters is 5. The molecular weight excluding hydrogens is 800 g/mol. The van der Waals surface area contributed by atoms with Crippen molar-refractivity contribution < 1.29 is 76.2 Å². The molecule has 0 unspecified atom stereocenters. The van der Waals surface area contributed by atoms with Crippen LogP contribution in [0.1, 0.15) is 91.2 Å². The van der Waals surface area contributed by atoms with Crippen LogP contribution in [0, 0.1) is 0 Å². The molecule has 0 bridgehead atoms. The van der Waals surface area contributed by atoms with Gasteiger partial charge in [-0.15, -0.1) is 0 Å². The number of amides is 2. The van der Waals surface area contributed by atoms with Gasteiger partial charge in [-0.2, -0.15) is 0 Å². The second kappa shape index (κ2) is 21.7. The molecule has 2 aromatic carbocycles. The van der Waals surface area contributed by atoms with Gasteiger partial charge in [0.1, 0.15) is 31.0 Å². The molecule has 1 heterocycles. The predicted molar refractivity (Wildman–Crippen MR) is 214 cm³/mol. The summed E-state index contributed by atoms with van der Waals surface area (Å²) in [5.74, 6) is -6.92. The van der Waals surface area contributed by atoms with Gasteiger partial charge < -0.3 is 53.3 Å². The van der Waals surface area contributed by atoms with Gasteiger partial charge >= 0.3 is 42.0 Å². The van der Waals surface area contributed by atoms with Crippen LogP contribution in [-0.4, -0.2) is 117 Å². The summed E-state index contributed by atoms with van der Waals surface area (Å²) in [6.07, 6.45) is -7.25. The standard InChI is InChI=1S/C43H56N2O16/c1-25(46)54-24-35(58-27(3)48)37(59-28(4)49)38-36(45-41(52)61-42(5,6)7)34(57-26(2)47)22-43(60-38,39(50)53-8)56-21-15-9-14-20-44-40(51)55-23-33-31-18-12-10-16-29(31)30-17-11-13-19-32(30)33/h10-13,16-19,33-38H,9,14-15,20-24H2,1-8H3,(H,44,51)(H,45,52)/t34-,35+,36+,37+,38+,43+/m0/s1. The monoisotopic (exact) mass is 856 g/mol. The average molecular weight is 857 g/mol. The van der Waals surface area contributed by atoms with E-state index < -0.39 is 96.9 Å². The number of benzene rings is 2. The fourth-order valence-corrected chi connectivity index (χ4v) is 7.24. The number of fused-ring (bicyclic) bond motifs is 3. The van der Waals surface area contributed by atoms with Gasteiger partial charge in [0.2, 0.25) is 0 Å². The molecule has 1 aliphatic heterocycles. The Kier molecular flexibility index (Phi) is 17.0. The number of alkyl carbamates (subject to hydrolysis) is 2. The quantitative estimate of drug-likeness (QED) is 0.118. The van der Waals surface area contributed by atoms with Crippen LogP contribution in [0.5, 0.6) is 0 Å². The molecule has 61 heavy (non-hydrogen) atoms. The van der Waals surface area contributed by atoms with Gasteiger partial charge in [-0.25, -0.2) is 14.4 Å². The highest BCUT2D eigenvalue weighted by Gasteiger charge is 2.59. The maximum atomic E-state index is 13.7. The van der Waals surface area contributed by atoms with E-state index in [9.17, 15) is 33.6 Å². The van der Waals surface area contributed by atoms with E-state index in [1.165, 1.54) is 0 Å². The molecule has 334 valence electrons. The third kappa shape index (κ3) is 13.6. The Morgan fingerprint density at radius 1 is 0.787 bits per heavy atom. The van der Waals surface area contributed by atoms with E-state index in [1.54, 1.807) is 20.8 Å². The molecule has 6 atom stereocenters. The zero-order chi connectivity index (χ0) is 44.9. The van der Waals surface area contributed by atoms with Gasteiger partial charge in [-0.1, -0.05) is 48.5 Å². The molecule has 1 fully saturated rings. The van der Waals surface area contributed by atoms with Crippen LogP contribution in [0.2, 0.25) is 0 Å². The van der Waals surface area contributed by atoms with E-state index in [-0.39, 0.29) is 25.7 Å². The van der Waals surface area contributed by atoms with Crippen molar-refractivity contribution in [3.63, 3.8) is 0 Å². The van der Waals surface area contributed by atoms with E-state index >= 15 is 0 Å². The first-order valence-electron chi connectivity index (χ1n) is 20.0. The highest BCUT2D eigenvalue weighted by molar-refractivity contribution is 5.80. The van der Waals surface area contributed by atoms with Crippen molar-refractivity contribution in [3.8, 4) is 11.1 Å². The van der Waals surface area contributed by atoms with Gasteiger partial charge in [0.05, 0.1) is 26.2 Å². The third-order valence-electron chi connectivity index (χ3n) is 9.58. The Balaban J connectivity index is 1.48. The molecule has 2 N–H and O–H groups in total. The van der Waals surface area contributed by atoms with E-state index in [4.69, 9.17) is 42.6 Å². The van der Waals surface area contributed by atoms with E-state index in [2.05, 4.69) is 22.8 Å². The second-order valence-corrected chi connectivity index (χ2v) is 15.5. The van der Waals surface area contributed by atoms with Gasteiger partial charge in [0, 0.05) is 40.2 Å². The minimum absolute atomic E-state index is 0.0893. The lowest BCUT2D eigenvalue weighted by molar-refractivity contribution is -0.314. The minimum atomic E-state index is -2.36. The first kappa shape index (κ1) is 47.9. The fourth-order valence-electron chi connectivity index (χ4n) is 7.24. The van der Waals surface area contributed by atoms with E-state index in [1.807, 2.05) is 36.4 Å². The molecule has 0 radical (unpaired) electrons. The fraction of sp³-hybridized carbons (Fsp3) is 0.558. The number of ether oxygens (including phenoxy) is 9. The molecule has 2 aliphatic rings. The predicted octanol–water partition coefficient (Wildman–Crippen LogP) is 4.62. The smallest absolute Gasteiger partial charge is 0.408 e. The first-order valence-corrected chi connectivity index (χ1v) is 20.0. The summed E-state index contributed by atoms with van der Waals surface area (Å²) in [4.78, 5) is 88.9. The summed E-state index contributed by atoms with van der Waals surface area (Å²) in [5, 5.41) is 5.34. The highest BCUT2D eigenvalue weighted by Crippen LogP contribution is 2.44. The number of hydrogen-bond acceptors (Lipinski definition) is 16. The lowest BCUT2D eigenvalue weighted by Gasteiger charge is -2.48. The van der Waals surface area contributed by atoms with E-state index in [0.29, 0.717) is 19.3 Å². The van der Waals surface area contributed by atoms with Crippen LogP contribution >= 0.6 is 0 Å². The molecule has 18 nitrogen and oxygen atoms in total. The molecule has 0 aromatic heterocycles. The average Bonchev–Trinajstić information content (AvgIpc) is 3.50. The zero-order valence-electron chi connectivity index (χ0n) is 35.8. The molecule has 18 heteroatoms. The minimum Gasteiger partial charge on any atom is -0.465 e. The number of hydrogen-bond donors (Lipinski definition) is 2. The van der Waals surface area contributed by atoms with Crippen LogP contribution in [0.4, 0.5) is 9.59 Å². The van der Waals surface area contributed by atoms with Crippen LogP contribution < -0.4 is 10.6 Å². The van der Waals surface area contributed by atoms with Crippen LogP contribution in [0.25, 0.3) is 11.1 Å². The maximum Gasteiger partial charge on any atom is 0.408 e. The Morgan fingerprint density at radius 3 is 1.97 bits per heavy atom.